The van der Waals surface area contributed by atoms with Crippen molar-refractivity contribution >= 4 is 23.3 Å². The minimum atomic E-state index is -1.55. The van der Waals surface area contributed by atoms with Gasteiger partial charge in [-0.05, 0) is 0 Å². The van der Waals surface area contributed by atoms with Crippen LogP contribution >= 0.6 is 0 Å². The van der Waals surface area contributed by atoms with Crippen molar-refractivity contribution in [3.63, 3.8) is 0 Å². The van der Waals surface area contributed by atoms with Gasteiger partial charge in [-0.3, -0.25) is 10.1 Å². The molecule has 0 saturated heterocycles. The number of nitrogens with zero attached hydrogens (tertiary/aromatic N) is 3. The molecular formula is C8H11N5O5. The number of aliphatic carboxylic acids is 1. The van der Waals surface area contributed by atoms with Gasteiger partial charge in [-0.25, -0.2) is 14.8 Å². The van der Waals surface area contributed by atoms with Crippen molar-refractivity contribution in [1.29, 1.82) is 0 Å². The van der Waals surface area contributed by atoms with Crippen LogP contribution < -0.4 is 11.1 Å². The van der Waals surface area contributed by atoms with Crippen LogP contribution in [0.5, 0.6) is 0 Å². The zero-order valence-corrected chi connectivity index (χ0v) is 9.11. The van der Waals surface area contributed by atoms with Crippen LogP contribution in [0, 0.1) is 10.1 Å². The molecule has 98 valence electrons. The molecule has 0 aromatic carbocycles. The molecule has 10 heteroatoms. The average molecular weight is 257 g/mol. The summed E-state index contributed by atoms with van der Waals surface area (Å²) in [6.45, 7) is -0.00917. The Morgan fingerprint density at radius 2 is 2.28 bits per heavy atom. The van der Waals surface area contributed by atoms with E-state index in [0.717, 1.165) is 6.33 Å². The predicted octanol–water partition coefficient (Wildman–Crippen LogP) is -0.785. The third kappa shape index (κ3) is 3.25. The molecule has 1 atom stereocenters. The van der Waals surface area contributed by atoms with Crippen LogP contribution in [-0.2, 0) is 4.79 Å². The van der Waals surface area contributed by atoms with Gasteiger partial charge < -0.3 is 21.3 Å². The van der Waals surface area contributed by atoms with Gasteiger partial charge >= 0.3 is 11.7 Å². The van der Waals surface area contributed by atoms with Crippen LogP contribution in [0.4, 0.5) is 17.3 Å². The Morgan fingerprint density at radius 3 is 2.83 bits per heavy atom. The molecule has 0 aliphatic carbocycles. The molecule has 0 radical (unpaired) electrons. The van der Waals surface area contributed by atoms with Gasteiger partial charge in [-0.15, -0.1) is 0 Å². The fourth-order valence-electron chi connectivity index (χ4n) is 1.15. The summed E-state index contributed by atoms with van der Waals surface area (Å²) in [6.07, 6.45) is -0.634. The molecule has 1 heterocycles. The van der Waals surface area contributed by atoms with Gasteiger partial charge in [0.2, 0.25) is 11.6 Å². The fourth-order valence-corrected chi connectivity index (χ4v) is 1.15. The van der Waals surface area contributed by atoms with E-state index < -0.39 is 22.7 Å². The number of carbonyl (C=O) groups is 1. The van der Waals surface area contributed by atoms with E-state index in [1.54, 1.807) is 0 Å². The molecular weight excluding hydrogens is 246 g/mol. The van der Waals surface area contributed by atoms with Crippen molar-refractivity contribution in [2.24, 2.45) is 0 Å². The molecule has 0 aliphatic rings. The summed E-state index contributed by atoms with van der Waals surface area (Å²) in [4.78, 5) is 27.4. The van der Waals surface area contributed by atoms with Gasteiger partial charge in [0.15, 0.2) is 6.10 Å². The number of aliphatic hydroxyl groups excluding tert-OH is 1. The number of nitrogens with two attached hydrogens (primary N) is 1. The van der Waals surface area contributed by atoms with Crippen LogP contribution in [0.15, 0.2) is 6.33 Å². The summed E-state index contributed by atoms with van der Waals surface area (Å²) < 4.78 is 0. The Bertz CT molecular complexity index is 465. The standard InChI is InChI=1S/C8H11N5O5/c9-6-5(13(17)18)7(12-3-11-6)10-2-1-4(14)8(15)16/h3-4,14H,1-2H2,(H,15,16)(H3,9,10,11,12). The van der Waals surface area contributed by atoms with E-state index in [1.807, 2.05) is 0 Å². The predicted molar refractivity (Wildman–Crippen MR) is 59.8 cm³/mol. The maximum atomic E-state index is 10.7. The molecule has 1 aromatic rings. The second-order valence-corrected chi connectivity index (χ2v) is 3.28. The van der Waals surface area contributed by atoms with Crippen LogP contribution in [0.2, 0.25) is 0 Å². The molecule has 18 heavy (non-hydrogen) atoms. The van der Waals surface area contributed by atoms with Crippen LogP contribution in [0.1, 0.15) is 6.42 Å². The first-order valence-corrected chi connectivity index (χ1v) is 4.83. The van der Waals surface area contributed by atoms with E-state index in [-0.39, 0.29) is 24.6 Å². The number of rotatable bonds is 6. The second kappa shape index (κ2) is 5.72. The van der Waals surface area contributed by atoms with Crippen LogP contribution in [0.3, 0.4) is 0 Å². The van der Waals surface area contributed by atoms with Gasteiger partial charge in [0.05, 0.1) is 4.92 Å². The summed E-state index contributed by atoms with van der Waals surface area (Å²) in [7, 11) is 0. The molecule has 0 aliphatic heterocycles. The van der Waals surface area contributed by atoms with E-state index in [2.05, 4.69) is 15.3 Å². The highest BCUT2D eigenvalue weighted by Gasteiger charge is 2.21. The Labute approximate surface area is 101 Å². The normalized spacial score (nSPS) is 11.8. The van der Waals surface area contributed by atoms with Crippen molar-refractivity contribution in [2.75, 3.05) is 17.6 Å². The Kier molecular flexibility index (Phi) is 4.32. The molecule has 0 fully saturated rings. The number of anilines is 2. The molecule has 1 unspecified atom stereocenters. The third-order valence-electron chi connectivity index (χ3n) is 2.03. The summed E-state index contributed by atoms with van der Waals surface area (Å²) in [5.74, 6) is -1.78. The summed E-state index contributed by atoms with van der Waals surface area (Å²) in [5, 5.41) is 30.7. The number of carboxylic acid groups (broad SMARTS) is 1. The number of nitrogen functional groups attached to an aromatic ring is 1. The van der Waals surface area contributed by atoms with Gasteiger partial charge in [-0.1, -0.05) is 0 Å². The first kappa shape index (κ1) is 13.6. The van der Waals surface area contributed by atoms with Crippen molar-refractivity contribution in [2.45, 2.75) is 12.5 Å². The SMILES string of the molecule is Nc1ncnc(NCCC(O)C(=O)O)c1[N+](=O)[O-]. The fraction of sp³-hybridized carbons (Fsp3) is 0.375. The number of nitro groups is 1. The number of hydrogen-bond acceptors (Lipinski definition) is 8. The highest BCUT2D eigenvalue weighted by Crippen LogP contribution is 2.25. The molecule has 0 bridgehead atoms. The van der Waals surface area contributed by atoms with Gasteiger partial charge in [0, 0.05) is 13.0 Å². The highest BCUT2D eigenvalue weighted by molar-refractivity contribution is 5.72. The van der Waals surface area contributed by atoms with E-state index >= 15 is 0 Å². The Hall–Kier alpha value is -2.49. The number of carboxylic acids is 1. The van der Waals surface area contributed by atoms with Crippen LogP contribution in [-0.4, -0.2) is 43.7 Å². The van der Waals surface area contributed by atoms with E-state index in [4.69, 9.17) is 15.9 Å². The zero-order valence-electron chi connectivity index (χ0n) is 9.11. The topological polar surface area (TPSA) is 164 Å². The maximum Gasteiger partial charge on any atom is 0.352 e. The lowest BCUT2D eigenvalue weighted by atomic mass is 10.2. The number of aromatic nitrogens is 2. The summed E-state index contributed by atoms with van der Waals surface area (Å²) >= 11 is 0. The molecule has 0 amide bonds. The zero-order chi connectivity index (χ0) is 13.7. The monoisotopic (exact) mass is 257 g/mol. The van der Waals surface area contributed by atoms with E-state index in [9.17, 15) is 14.9 Å². The lowest BCUT2D eigenvalue weighted by Gasteiger charge is -2.08. The molecule has 0 saturated carbocycles. The molecule has 0 spiro atoms. The van der Waals surface area contributed by atoms with Gasteiger partial charge in [0.1, 0.15) is 6.33 Å². The largest absolute Gasteiger partial charge is 0.479 e. The number of aliphatic hydroxyl groups is 1. The third-order valence-corrected chi connectivity index (χ3v) is 2.03. The van der Waals surface area contributed by atoms with E-state index in [1.165, 1.54) is 0 Å². The van der Waals surface area contributed by atoms with Gasteiger partial charge in [0.25, 0.3) is 0 Å². The minimum Gasteiger partial charge on any atom is -0.479 e. The minimum absolute atomic E-state index is 0.00917. The first-order valence-electron chi connectivity index (χ1n) is 4.83. The van der Waals surface area contributed by atoms with Crippen LogP contribution in [0.25, 0.3) is 0 Å². The lowest BCUT2D eigenvalue weighted by molar-refractivity contribution is -0.383. The lowest BCUT2D eigenvalue weighted by Crippen LogP contribution is -2.23. The quantitative estimate of drug-likeness (QED) is 0.377. The highest BCUT2D eigenvalue weighted by atomic mass is 16.6. The molecule has 1 rings (SSSR count). The summed E-state index contributed by atoms with van der Waals surface area (Å²) in [5.41, 5.74) is 4.84. The second-order valence-electron chi connectivity index (χ2n) is 3.28. The number of hydrogen-bond donors (Lipinski definition) is 4. The smallest absolute Gasteiger partial charge is 0.352 e. The molecule has 5 N–H and O–H groups in total. The summed E-state index contributed by atoms with van der Waals surface area (Å²) in [6, 6.07) is 0. The van der Waals surface area contributed by atoms with Crippen molar-refractivity contribution in [3.8, 4) is 0 Å². The van der Waals surface area contributed by atoms with Crippen molar-refractivity contribution in [1.82, 2.24) is 9.97 Å². The van der Waals surface area contributed by atoms with E-state index in [0.29, 0.717) is 0 Å². The Balaban J connectivity index is 2.71. The number of nitrogens with one attached hydrogen (secondary N) is 1. The molecule has 10 nitrogen and oxygen atoms in total. The van der Waals surface area contributed by atoms with Crippen molar-refractivity contribution in [3.05, 3.63) is 16.4 Å². The maximum absolute atomic E-state index is 10.7. The Morgan fingerprint density at radius 1 is 1.61 bits per heavy atom. The average Bonchev–Trinajstić information content (AvgIpc) is 2.28. The molecule has 1 aromatic heterocycles. The van der Waals surface area contributed by atoms with Crippen molar-refractivity contribution < 1.29 is 19.9 Å². The van der Waals surface area contributed by atoms with Gasteiger partial charge in [-0.2, -0.15) is 0 Å². The first-order chi connectivity index (χ1) is 8.43.